The molecular formula is C19H28N6. The number of H-pyrrole nitrogens is 1. The van der Waals surface area contributed by atoms with Gasteiger partial charge in [-0.05, 0) is 50.7 Å². The van der Waals surface area contributed by atoms with Crippen LogP contribution in [-0.2, 0) is 0 Å². The van der Waals surface area contributed by atoms with E-state index >= 15 is 0 Å². The number of nitrogens with one attached hydrogen (secondary N) is 1. The van der Waals surface area contributed by atoms with Crippen molar-refractivity contribution in [2.75, 3.05) is 56.9 Å². The third kappa shape index (κ3) is 3.50. The number of hydrogen-bond acceptors (Lipinski definition) is 5. The molecule has 0 amide bonds. The number of nitrogens with zero attached hydrogens (tertiary/aromatic N) is 4. The first-order valence-corrected chi connectivity index (χ1v) is 9.27. The minimum atomic E-state index is 0.625. The van der Waals surface area contributed by atoms with Crippen LogP contribution in [0.3, 0.4) is 0 Å². The fourth-order valence-electron chi connectivity index (χ4n) is 4.08. The number of nitrogen functional groups attached to an aromatic ring is 1. The quantitative estimate of drug-likeness (QED) is 0.893. The molecule has 0 aliphatic carbocycles. The van der Waals surface area contributed by atoms with E-state index in [1.54, 1.807) is 6.20 Å². The first kappa shape index (κ1) is 16.4. The highest BCUT2D eigenvalue weighted by atomic mass is 15.3. The molecule has 134 valence electrons. The lowest BCUT2D eigenvalue weighted by atomic mass is 10.0. The van der Waals surface area contributed by atoms with Gasteiger partial charge in [-0.1, -0.05) is 12.1 Å². The van der Waals surface area contributed by atoms with Crippen molar-refractivity contribution in [2.24, 2.45) is 0 Å². The van der Waals surface area contributed by atoms with Gasteiger partial charge in [0.1, 0.15) is 5.82 Å². The van der Waals surface area contributed by atoms with Crippen LogP contribution in [0.5, 0.6) is 0 Å². The normalized spacial score (nSPS) is 20.9. The van der Waals surface area contributed by atoms with Crippen LogP contribution < -0.4 is 10.6 Å². The van der Waals surface area contributed by atoms with E-state index in [0.29, 0.717) is 5.82 Å². The van der Waals surface area contributed by atoms with Gasteiger partial charge in [0.2, 0.25) is 0 Å². The molecule has 25 heavy (non-hydrogen) atoms. The van der Waals surface area contributed by atoms with Gasteiger partial charge in [-0.15, -0.1) is 0 Å². The maximum Gasteiger partial charge on any atom is 0.126 e. The van der Waals surface area contributed by atoms with E-state index in [1.165, 1.54) is 44.7 Å². The highest BCUT2D eigenvalue weighted by Gasteiger charge is 2.26. The van der Waals surface area contributed by atoms with Crippen LogP contribution in [0.4, 0.5) is 11.5 Å². The van der Waals surface area contributed by atoms with Crippen molar-refractivity contribution in [3.8, 4) is 11.1 Å². The Labute approximate surface area is 149 Å². The van der Waals surface area contributed by atoms with Crippen LogP contribution in [0.25, 0.3) is 11.1 Å². The van der Waals surface area contributed by atoms with Crippen molar-refractivity contribution >= 4 is 11.5 Å². The highest BCUT2D eigenvalue weighted by Crippen LogP contribution is 2.27. The van der Waals surface area contributed by atoms with Gasteiger partial charge in [0.25, 0.3) is 0 Å². The maximum absolute atomic E-state index is 5.91. The summed E-state index contributed by atoms with van der Waals surface area (Å²) >= 11 is 0. The van der Waals surface area contributed by atoms with E-state index in [2.05, 4.69) is 56.2 Å². The summed E-state index contributed by atoms with van der Waals surface area (Å²) in [6.45, 7) is 7.04. The van der Waals surface area contributed by atoms with Gasteiger partial charge in [0.15, 0.2) is 0 Å². The summed E-state index contributed by atoms with van der Waals surface area (Å²) in [4.78, 5) is 7.64. The third-order valence-electron chi connectivity index (χ3n) is 5.73. The SMILES string of the molecule is CN1CCC(N2CCN(c3ccc(-c4cn[nH]c4N)cc3)CC2)CC1. The second kappa shape index (κ2) is 7.06. The number of likely N-dealkylation sites (tertiary alicyclic amines) is 1. The molecule has 0 radical (unpaired) electrons. The molecule has 1 aromatic carbocycles. The van der Waals surface area contributed by atoms with E-state index in [1.807, 2.05) is 0 Å². The van der Waals surface area contributed by atoms with Gasteiger partial charge in [0, 0.05) is 43.5 Å². The van der Waals surface area contributed by atoms with Crippen molar-refractivity contribution in [1.82, 2.24) is 20.0 Å². The Bertz CT molecular complexity index is 678. The Kier molecular flexibility index (Phi) is 4.63. The summed E-state index contributed by atoms with van der Waals surface area (Å²) in [5.74, 6) is 0.625. The molecule has 0 unspecified atom stereocenters. The minimum absolute atomic E-state index is 0.625. The Hall–Kier alpha value is -2.05. The summed E-state index contributed by atoms with van der Waals surface area (Å²) in [7, 11) is 2.23. The van der Waals surface area contributed by atoms with Gasteiger partial charge in [-0.3, -0.25) is 10.00 Å². The van der Waals surface area contributed by atoms with E-state index in [9.17, 15) is 0 Å². The zero-order valence-electron chi connectivity index (χ0n) is 15.0. The predicted octanol–water partition coefficient (Wildman–Crippen LogP) is 1.88. The van der Waals surface area contributed by atoms with E-state index < -0.39 is 0 Å². The smallest absolute Gasteiger partial charge is 0.126 e. The van der Waals surface area contributed by atoms with Gasteiger partial charge < -0.3 is 15.5 Å². The van der Waals surface area contributed by atoms with E-state index in [0.717, 1.165) is 30.3 Å². The van der Waals surface area contributed by atoms with Gasteiger partial charge >= 0.3 is 0 Å². The topological polar surface area (TPSA) is 64.4 Å². The molecule has 3 heterocycles. The number of aromatic nitrogens is 2. The number of piperidine rings is 1. The molecular weight excluding hydrogens is 312 g/mol. The highest BCUT2D eigenvalue weighted by molar-refractivity contribution is 5.74. The molecule has 0 saturated carbocycles. The number of aromatic amines is 1. The number of anilines is 2. The zero-order chi connectivity index (χ0) is 17.2. The maximum atomic E-state index is 5.91. The number of hydrogen-bond donors (Lipinski definition) is 2. The Morgan fingerprint density at radius 2 is 1.68 bits per heavy atom. The molecule has 6 heteroatoms. The predicted molar refractivity (Wildman–Crippen MR) is 103 cm³/mol. The van der Waals surface area contributed by atoms with Crippen molar-refractivity contribution in [2.45, 2.75) is 18.9 Å². The number of piperazine rings is 1. The third-order valence-corrected chi connectivity index (χ3v) is 5.73. The van der Waals surface area contributed by atoms with Crippen LogP contribution >= 0.6 is 0 Å². The van der Waals surface area contributed by atoms with Crippen LogP contribution in [0.1, 0.15) is 12.8 Å². The molecule has 2 aliphatic rings. The molecule has 2 aliphatic heterocycles. The fourth-order valence-corrected chi connectivity index (χ4v) is 4.08. The summed E-state index contributed by atoms with van der Waals surface area (Å²) in [6, 6.07) is 9.46. The summed E-state index contributed by atoms with van der Waals surface area (Å²) < 4.78 is 0. The van der Waals surface area contributed by atoms with Crippen LogP contribution in [0.15, 0.2) is 30.5 Å². The average Bonchev–Trinajstić information content (AvgIpc) is 3.09. The summed E-state index contributed by atoms with van der Waals surface area (Å²) in [5.41, 5.74) is 9.29. The lowest BCUT2D eigenvalue weighted by Crippen LogP contribution is -2.52. The minimum Gasteiger partial charge on any atom is -0.384 e. The van der Waals surface area contributed by atoms with Gasteiger partial charge in [0.05, 0.1) is 6.20 Å². The molecule has 6 nitrogen and oxygen atoms in total. The molecule has 0 bridgehead atoms. The Morgan fingerprint density at radius 1 is 1.00 bits per heavy atom. The largest absolute Gasteiger partial charge is 0.384 e. The van der Waals surface area contributed by atoms with Crippen LogP contribution in [0.2, 0.25) is 0 Å². The standard InChI is InChI=1S/C19H28N6/c1-23-8-6-17(7-9-23)25-12-10-24(11-13-25)16-4-2-15(3-5-16)18-14-21-22-19(18)20/h2-5,14,17H,6-13H2,1H3,(H3,20,21,22). The lowest BCUT2D eigenvalue weighted by Gasteiger charge is -2.42. The molecule has 4 rings (SSSR count). The number of nitrogens with two attached hydrogens (primary N) is 1. The Balaban J connectivity index is 1.35. The molecule has 1 aromatic heterocycles. The van der Waals surface area contributed by atoms with E-state index in [-0.39, 0.29) is 0 Å². The monoisotopic (exact) mass is 340 g/mol. The van der Waals surface area contributed by atoms with Crippen molar-refractivity contribution in [1.29, 1.82) is 0 Å². The second-order valence-corrected chi connectivity index (χ2v) is 7.30. The zero-order valence-corrected chi connectivity index (χ0v) is 15.0. The molecule has 0 atom stereocenters. The van der Waals surface area contributed by atoms with Gasteiger partial charge in [-0.2, -0.15) is 5.10 Å². The van der Waals surface area contributed by atoms with Crippen LogP contribution in [-0.4, -0.2) is 72.4 Å². The number of rotatable bonds is 3. The van der Waals surface area contributed by atoms with E-state index in [4.69, 9.17) is 5.73 Å². The number of benzene rings is 1. The molecule has 3 N–H and O–H groups in total. The summed E-state index contributed by atoms with van der Waals surface area (Å²) in [5, 5.41) is 6.79. The Morgan fingerprint density at radius 3 is 2.28 bits per heavy atom. The molecule has 2 fully saturated rings. The molecule has 0 spiro atoms. The lowest BCUT2D eigenvalue weighted by molar-refractivity contribution is 0.115. The molecule has 2 aromatic rings. The first-order chi connectivity index (χ1) is 12.2. The van der Waals surface area contributed by atoms with Gasteiger partial charge in [-0.25, -0.2) is 0 Å². The second-order valence-electron chi connectivity index (χ2n) is 7.30. The first-order valence-electron chi connectivity index (χ1n) is 9.27. The molecule has 2 saturated heterocycles. The average molecular weight is 340 g/mol. The van der Waals surface area contributed by atoms with Crippen molar-refractivity contribution in [3.63, 3.8) is 0 Å². The van der Waals surface area contributed by atoms with Crippen molar-refractivity contribution < 1.29 is 0 Å². The van der Waals surface area contributed by atoms with Crippen LogP contribution in [0, 0.1) is 0 Å². The fraction of sp³-hybridized carbons (Fsp3) is 0.526. The summed E-state index contributed by atoms with van der Waals surface area (Å²) in [6.07, 6.45) is 4.42. The van der Waals surface area contributed by atoms with Crippen molar-refractivity contribution in [3.05, 3.63) is 30.5 Å².